The van der Waals surface area contributed by atoms with Crippen LogP contribution in [-0.4, -0.2) is 108 Å². The molecule has 312 valence electrons. The molecule has 0 spiro atoms. The van der Waals surface area contributed by atoms with Gasteiger partial charge < -0.3 is 35.6 Å². The van der Waals surface area contributed by atoms with E-state index in [1.807, 2.05) is 70.9 Å². The fourth-order valence-corrected chi connectivity index (χ4v) is 7.82. The topological polar surface area (TPSA) is 167 Å². The monoisotopic (exact) mass is 832 g/mol. The lowest BCUT2D eigenvalue weighted by Gasteiger charge is -2.27. The largest absolute Gasteiger partial charge is 0.444 e. The molecule has 0 bridgehead atoms. The molecule has 5 rings (SSSR count). The molecule has 4 N–H and O–H groups in total. The van der Waals surface area contributed by atoms with Crippen LogP contribution in [-0.2, 0) is 45.1 Å². The molecule has 14 nitrogen and oxygen atoms in total. The van der Waals surface area contributed by atoms with E-state index >= 15 is 0 Å². The van der Waals surface area contributed by atoms with Gasteiger partial charge in [-0.15, -0.1) is 22.7 Å². The lowest BCUT2D eigenvalue weighted by atomic mass is 9.95. The molecule has 0 aliphatic carbocycles. The van der Waals surface area contributed by atoms with E-state index in [0.717, 1.165) is 26.7 Å². The Balaban J connectivity index is 1.27. The highest BCUT2D eigenvalue weighted by molar-refractivity contribution is 7.09. The first-order valence-corrected chi connectivity index (χ1v) is 21.6. The first-order valence-electron chi connectivity index (χ1n) is 19.8. The molecule has 16 heteroatoms. The summed E-state index contributed by atoms with van der Waals surface area (Å²) in [7, 11) is 1.67. The lowest BCUT2D eigenvalue weighted by Crippen LogP contribution is -2.54. The molecule has 2 aromatic carbocycles. The van der Waals surface area contributed by atoms with Crippen LogP contribution in [0.3, 0.4) is 0 Å². The van der Waals surface area contributed by atoms with Crippen molar-refractivity contribution in [2.24, 2.45) is 0 Å². The minimum atomic E-state index is -0.946. The fraction of sp³-hybridized carbons (Fsp3) is 0.476. The fourth-order valence-electron chi connectivity index (χ4n) is 6.49. The number of ether oxygens (including phenoxy) is 2. The molecule has 0 saturated carbocycles. The standard InChI is InChI=1S/C42H56N8O6S2/c1-30(2)40-46-35(28-57-40)25-49(3)41(53)48-37(16-17-44-38(51)26-50-18-20-55-21-19-50)39(52)45-33(22-31-10-6-4-7-11-31)14-15-34(23-32-12-8-5-9-13-32)47-42(54)56-27-36-24-43-29-58-36/h4-13,24,28-30,33-34,37H,14-23,25-27H2,1-3H3,(H,44,51)(H,45,52)(H,47,54)(H,48,53)/t33-,34-,37?/m1/s1. The van der Waals surface area contributed by atoms with E-state index in [2.05, 4.69) is 45.1 Å². The molecule has 1 aliphatic heterocycles. The van der Waals surface area contributed by atoms with Gasteiger partial charge in [0.2, 0.25) is 11.8 Å². The summed E-state index contributed by atoms with van der Waals surface area (Å²) in [4.78, 5) is 66.8. The molecule has 1 saturated heterocycles. The predicted molar refractivity (Wildman–Crippen MR) is 226 cm³/mol. The molecule has 4 aromatic rings. The number of alkyl carbamates (subject to hydrolysis) is 1. The Morgan fingerprint density at radius 3 is 2.14 bits per heavy atom. The van der Waals surface area contributed by atoms with Crippen LogP contribution in [0.5, 0.6) is 0 Å². The Labute approximate surface area is 349 Å². The SMILES string of the molecule is CC(C)c1nc(CN(C)C(=O)NC(CCNC(=O)CN2CCOCC2)C(=O)N[C@H](CC[C@H](Cc2ccccc2)NC(=O)OCc2cncs2)Cc2ccccc2)cs1. The number of carbonyl (C=O) groups excluding carboxylic acids is 4. The highest BCUT2D eigenvalue weighted by Crippen LogP contribution is 2.20. The third kappa shape index (κ3) is 15.5. The summed E-state index contributed by atoms with van der Waals surface area (Å²) in [6.45, 7) is 7.49. The van der Waals surface area contributed by atoms with Gasteiger partial charge in [0.15, 0.2) is 0 Å². The first-order chi connectivity index (χ1) is 28.1. The van der Waals surface area contributed by atoms with Crippen LogP contribution in [0.4, 0.5) is 9.59 Å². The average Bonchev–Trinajstić information content (AvgIpc) is 3.93. The second-order valence-electron chi connectivity index (χ2n) is 14.8. The number of nitrogens with one attached hydrogen (secondary N) is 4. The van der Waals surface area contributed by atoms with Crippen LogP contribution in [0.15, 0.2) is 77.8 Å². The van der Waals surface area contributed by atoms with Crippen molar-refractivity contribution < 1.29 is 28.7 Å². The molecule has 2 aromatic heterocycles. The van der Waals surface area contributed by atoms with Gasteiger partial charge in [0.05, 0.1) is 47.4 Å². The Hall–Kier alpha value is -4.90. The molecule has 5 amide bonds. The van der Waals surface area contributed by atoms with Crippen LogP contribution >= 0.6 is 22.7 Å². The zero-order valence-electron chi connectivity index (χ0n) is 33.6. The number of hydrogen-bond donors (Lipinski definition) is 4. The number of aromatic nitrogens is 2. The molecule has 0 radical (unpaired) electrons. The van der Waals surface area contributed by atoms with Crippen LogP contribution < -0.4 is 21.3 Å². The smallest absolute Gasteiger partial charge is 0.407 e. The van der Waals surface area contributed by atoms with Gasteiger partial charge in [-0.05, 0) is 43.2 Å². The molecular formula is C42H56N8O6S2. The van der Waals surface area contributed by atoms with E-state index in [1.54, 1.807) is 30.1 Å². The molecule has 58 heavy (non-hydrogen) atoms. The van der Waals surface area contributed by atoms with E-state index in [1.165, 1.54) is 16.2 Å². The van der Waals surface area contributed by atoms with Gasteiger partial charge in [0, 0.05) is 56.3 Å². The van der Waals surface area contributed by atoms with Gasteiger partial charge >= 0.3 is 12.1 Å². The highest BCUT2D eigenvalue weighted by atomic mass is 32.1. The summed E-state index contributed by atoms with van der Waals surface area (Å²) in [5.74, 6) is -0.239. The number of morpholine rings is 1. The third-order valence-electron chi connectivity index (χ3n) is 9.66. The third-order valence-corrected chi connectivity index (χ3v) is 11.6. The maximum atomic E-state index is 14.3. The zero-order chi connectivity index (χ0) is 41.1. The second kappa shape index (κ2) is 23.5. The summed E-state index contributed by atoms with van der Waals surface area (Å²) in [6, 6.07) is 17.8. The van der Waals surface area contributed by atoms with Crippen molar-refractivity contribution >= 4 is 46.6 Å². The van der Waals surface area contributed by atoms with E-state index in [9.17, 15) is 19.2 Å². The summed E-state index contributed by atoms with van der Waals surface area (Å²) in [5, 5.41) is 15.1. The Morgan fingerprint density at radius 2 is 1.53 bits per heavy atom. The van der Waals surface area contributed by atoms with Crippen molar-refractivity contribution in [3.05, 3.63) is 104 Å². The summed E-state index contributed by atoms with van der Waals surface area (Å²) in [6.07, 6.45) is 3.47. The zero-order valence-corrected chi connectivity index (χ0v) is 35.2. The van der Waals surface area contributed by atoms with Crippen molar-refractivity contribution in [1.29, 1.82) is 0 Å². The first kappa shape index (κ1) is 44.2. The van der Waals surface area contributed by atoms with Crippen LogP contribution in [0.2, 0.25) is 0 Å². The second-order valence-corrected chi connectivity index (χ2v) is 16.6. The van der Waals surface area contributed by atoms with Gasteiger partial charge in [-0.2, -0.15) is 0 Å². The molecule has 1 fully saturated rings. The Bertz CT molecular complexity index is 1840. The average molecular weight is 833 g/mol. The summed E-state index contributed by atoms with van der Waals surface area (Å²) >= 11 is 2.97. The van der Waals surface area contributed by atoms with Gasteiger partial charge in [-0.25, -0.2) is 14.6 Å². The highest BCUT2D eigenvalue weighted by Gasteiger charge is 2.27. The maximum absolute atomic E-state index is 14.3. The minimum absolute atomic E-state index is 0.125. The Kier molecular flexibility index (Phi) is 17.9. The van der Waals surface area contributed by atoms with Gasteiger partial charge in [-0.3, -0.25) is 19.5 Å². The lowest BCUT2D eigenvalue weighted by molar-refractivity contribution is -0.125. The summed E-state index contributed by atoms with van der Waals surface area (Å²) in [5.41, 5.74) is 4.55. The quantitative estimate of drug-likeness (QED) is 0.0892. The Morgan fingerprint density at radius 1 is 0.879 bits per heavy atom. The number of benzene rings is 2. The van der Waals surface area contributed by atoms with Crippen molar-refractivity contribution in [2.45, 2.75) is 83.1 Å². The van der Waals surface area contributed by atoms with Crippen molar-refractivity contribution in [3.8, 4) is 0 Å². The number of carbonyl (C=O) groups is 4. The summed E-state index contributed by atoms with van der Waals surface area (Å²) < 4.78 is 10.9. The predicted octanol–water partition coefficient (Wildman–Crippen LogP) is 5.12. The number of nitrogens with zero attached hydrogens (tertiary/aromatic N) is 4. The number of urea groups is 1. The maximum Gasteiger partial charge on any atom is 0.407 e. The van der Waals surface area contributed by atoms with Gasteiger partial charge in [0.25, 0.3) is 0 Å². The van der Waals surface area contributed by atoms with Crippen molar-refractivity contribution in [1.82, 2.24) is 41.0 Å². The van der Waals surface area contributed by atoms with Gasteiger partial charge in [0.1, 0.15) is 12.6 Å². The number of amides is 5. The minimum Gasteiger partial charge on any atom is -0.444 e. The van der Waals surface area contributed by atoms with Crippen molar-refractivity contribution in [3.63, 3.8) is 0 Å². The molecule has 1 aliphatic rings. The van der Waals surface area contributed by atoms with E-state index < -0.39 is 18.2 Å². The molecular weight excluding hydrogens is 777 g/mol. The van der Waals surface area contributed by atoms with Crippen molar-refractivity contribution in [2.75, 3.05) is 46.4 Å². The van der Waals surface area contributed by atoms with E-state index in [-0.39, 0.29) is 62.5 Å². The molecule has 3 heterocycles. The van der Waals surface area contributed by atoms with Crippen LogP contribution in [0, 0.1) is 0 Å². The number of rotatable bonds is 21. The van der Waals surface area contributed by atoms with E-state index in [0.29, 0.717) is 52.0 Å². The van der Waals surface area contributed by atoms with Crippen LogP contribution in [0.25, 0.3) is 0 Å². The molecule has 3 atom stereocenters. The number of hydrogen-bond acceptors (Lipinski definition) is 11. The normalized spacial score (nSPS) is 14.6. The molecule has 1 unspecified atom stereocenters. The number of thiazole rings is 2. The van der Waals surface area contributed by atoms with Gasteiger partial charge in [-0.1, -0.05) is 74.5 Å². The van der Waals surface area contributed by atoms with E-state index in [4.69, 9.17) is 9.47 Å². The van der Waals surface area contributed by atoms with Crippen LogP contribution in [0.1, 0.15) is 65.7 Å².